The second-order valence-electron chi connectivity index (χ2n) is 22.8. The van der Waals surface area contributed by atoms with Gasteiger partial charge in [0.2, 0.25) is 0 Å². The number of rotatable bonds is 9. The summed E-state index contributed by atoms with van der Waals surface area (Å²) >= 11 is 0. The molecule has 5 fully saturated rings. The molecule has 4 saturated heterocycles. The molecule has 5 rings (SSSR count). The SMILES string of the molecule is CON1C(C)(C)CC(C(=O)OC2CC(OC(=O)C3CC(C)(C)NC3(C)C)C(OC(=O)C3CC(C)(C)N(C)C3(C)C)CC2OC(=O)C2CC(C)(C)NC2(C)C)C1(C)C. The van der Waals surface area contributed by atoms with Gasteiger partial charge in [-0.05, 0) is 144 Å². The molecule has 0 radical (unpaired) electrons. The van der Waals surface area contributed by atoms with E-state index in [9.17, 15) is 19.2 Å². The molecule has 57 heavy (non-hydrogen) atoms. The lowest BCUT2D eigenvalue weighted by Gasteiger charge is -2.42. The molecular formula is C44H76N4O9. The molecule has 0 spiro atoms. The molecule has 326 valence electrons. The minimum absolute atomic E-state index is 0.00866. The molecule has 2 N–H and O–H groups in total. The van der Waals surface area contributed by atoms with E-state index in [1.165, 1.54) is 0 Å². The van der Waals surface area contributed by atoms with Crippen molar-refractivity contribution >= 4 is 23.9 Å². The predicted molar refractivity (Wildman–Crippen MR) is 217 cm³/mol. The van der Waals surface area contributed by atoms with Crippen LogP contribution in [0.2, 0.25) is 0 Å². The first kappa shape index (κ1) is 45.8. The van der Waals surface area contributed by atoms with Gasteiger partial charge in [0, 0.05) is 51.6 Å². The summed E-state index contributed by atoms with van der Waals surface area (Å²) in [5, 5.41) is 8.95. The zero-order chi connectivity index (χ0) is 43.3. The molecule has 8 unspecified atom stereocenters. The van der Waals surface area contributed by atoms with E-state index in [1.807, 2.05) is 81.3 Å². The quantitative estimate of drug-likeness (QED) is 0.217. The summed E-state index contributed by atoms with van der Waals surface area (Å²) in [6.07, 6.45) is -1.74. The van der Waals surface area contributed by atoms with E-state index in [2.05, 4.69) is 57.1 Å². The van der Waals surface area contributed by atoms with Gasteiger partial charge in [0.25, 0.3) is 0 Å². The summed E-state index contributed by atoms with van der Waals surface area (Å²) in [6, 6.07) is 0. The maximum atomic E-state index is 14.4. The van der Waals surface area contributed by atoms with Crippen LogP contribution in [0.25, 0.3) is 0 Å². The van der Waals surface area contributed by atoms with Gasteiger partial charge in [-0.15, -0.1) is 0 Å². The summed E-state index contributed by atoms with van der Waals surface area (Å²) in [6.45, 7) is 32.4. The van der Waals surface area contributed by atoms with Crippen LogP contribution in [0.15, 0.2) is 0 Å². The van der Waals surface area contributed by atoms with Crippen molar-refractivity contribution < 1.29 is 43.0 Å². The number of ether oxygens (including phenoxy) is 4. The van der Waals surface area contributed by atoms with Crippen LogP contribution in [0, 0.1) is 23.7 Å². The number of hydrogen-bond donors (Lipinski definition) is 2. The Labute approximate surface area is 342 Å². The predicted octanol–water partition coefficient (Wildman–Crippen LogP) is 5.71. The second kappa shape index (κ2) is 14.7. The first-order valence-corrected chi connectivity index (χ1v) is 21.2. The molecule has 4 heterocycles. The zero-order valence-electron chi connectivity index (χ0n) is 38.4. The van der Waals surface area contributed by atoms with E-state index in [1.54, 1.807) is 7.11 Å². The maximum absolute atomic E-state index is 14.4. The Kier molecular flexibility index (Phi) is 11.8. The van der Waals surface area contributed by atoms with Crippen LogP contribution < -0.4 is 10.6 Å². The number of carbonyl (C=O) groups is 4. The van der Waals surface area contributed by atoms with Crippen LogP contribution >= 0.6 is 0 Å². The first-order chi connectivity index (χ1) is 25.7. The molecule has 0 aromatic carbocycles. The number of carbonyl (C=O) groups excluding carboxylic acids is 4. The van der Waals surface area contributed by atoms with Crippen molar-refractivity contribution in [3.05, 3.63) is 0 Å². The molecule has 8 atom stereocenters. The van der Waals surface area contributed by atoms with Crippen molar-refractivity contribution in [2.45, 2.75) is 218 Å². The third kappa shape index (κ3) is 8.79. The zero-order valence-corrected chi connectivity index (χ0v) is 38.4. The van der Waals surface area contributed by atoms with E-state index in [0.717, 1.165) is 0 Å². The molecule has 4 aliphatic heterocycles. The van der Waals surface area contributed by atoms with Crippen molar-refractivity contribution in [1.29, 1.82) is 0 Å². The highest BCUT2D eigenvalue weighted by molar-refractivity contribution is 5.78. The molecule has 0 aromatic heterocycles. The fourth-order valence-electron chi connectivity index (χ4n) is 11.7. The van der Waals surface area contributed by atoms with Crippen LogP contribution in [0.5, 0.6) is 0 Å². The summed E-state index contributed by atoms with van der Waals surface area (Å²) in [5.41, 5.74) is -3.66. The minimum Gasteiger partial charge on any atom is -0.458 e. The standard InChI is InChI=1S/C44H76N4O9/c1-37(2)21-25(41(9,10)45-37)33(49)54-29-20-32(57-36(52)28-24-40(7,8)48(53-18)44(28,15)16)30(55-34(50)26-22-38(3,4)46-42(26,11)12)19-31(29)56-35(51)27-23-39(5,6)47(17)43(27,13)14/h25-32,45-46H,19-24H2,1-18H3. The Bertz CT molecular complexity index is 1580. The van der Waals surface area contributed by atoms with Gasteiger partial charge in [-0.2, -0.15) is 5.06 Å². The highest BCUT2D eigenvalue weighted by Gasteiger charge is 2.59. The molecular weight excluding hydrogens is 729 g/mol. The first-order valence-electron chi connectivity index (χ1n) is 21.2. The average Bonchev–Trinajstić information content (AvgIpc) is 3.56. The average molecular weight is 805 g/mol. The molecule has 0 amide bonds. The van der Waals surface area contributed by atoms with Crippen molar-refractivity contribution in [2.75, 3.05) is 14.2 Å². The van der Waals surface area contributed by atoms with Crippen LogP contribution in [0.3, 0.4) is 0 Å². The number of esters is 4. The molecule has 0 bridgehead atoms. The van der Waals surface area contributed by atoms with Gasteiger partial charge >= 0.3 is 23.9 Å². The summed E-state index contributed by atoms with van der Waals surface area (Å²) in [5.74, 6) is -3.69. The summed E-state index contributed by atoms with van der Waals surface area (Å²) in [7, 11) is 3.62. The number of hydroxylamine groups is 2. The highest BCUT2D eigenvalue weighted by atomic mass is 16.7. The molecule has 1 saturated carbocycles. The van der Waals surface area contributed by atoms with Gasteiger partial charge in [-0.3, -0.25) is 24.1 Å². The van der Waals surface area contributed by atoms with Crippen molar-refractivity contribution in [1.82, 2.24) is 20.6 Å². The second-order valence-corrected chi connectivity index (χ2v) is 22.8. The van der Waals surface area contributed by atoms with E-state index in [-0.39, 0.29) is 29.5 Å². The maximum Gasteiger partial charge on any atom is 0.311 e. The number of hydrogen-bond acceptors (Lipinski definition) is 13. The van der Waals surface area contributed by atoms with Crippen molar-refractivity contribution in [2.24, 2.45) is 23.7 Å². The minimum atomic E-state index is -0.977. The molecule has 5 aliphatic rings. The van der Waals surface area contributed by atoms with Gasteiger partial charge < -0.3 is 34.4 Å². The fourth-order valence-corrected chi connectivity index (χ4v) is 11.7. The number of nitrogens with one attached hydrogen (secondary N) is 2. The van der Waals surface area contributed by atoms with Gasteiger partial charge in [0.15, 0.2) is 0 Å². The smallest absolute Gasteiger partial charge is 0.311 e. The number of likely N-dealkylation sites (tertiary alicyclic amines) is 1. The fraction of sp³-hybridized carbons (Fsp3) is 0.909. The van der Waals surface area contributed by atoms with Crippen LogP contribution in [-0.2, 0) is 43.0 Å². The highest BCUT2D eigenvalue weighted by Crippen LogP contribution is 2.48. The van der Waals surface area contributed by atoms with E-state index in [0.29, 0.717) is 25.7 Å². The lowest BCUT2D eigenvalue weighted by molar-refractivity contribution is -0.227. The third-order valence-electron chi connectivity index (χ3n) is 14.6. The molecule has 13 nitrogen and oxygen atoms in total. The molecule has 13 heteroatoms. The number of nitrogens with zero attached hydrogens (tertiary/aromatic N) is 2. The Hall–Kier alpha value is -2.32. The third-order valence-corrected chi connectivity index (χ3v) is 14.6. The van der Waals surface area contributed by atoms with Gasteiger partial charge in [0.05, 0.1) is 36.3 Å². The van der Waals surface area contributed by atoms with Crippen LogP contribution in [0.4, 0.5) is 0 Å². The van der Waals surface area contributed by atoms with Gasteiger partial charge in [-0.25, -0.2) is 0 Å². The van der Waals surface area contributed by atoms with Gasteiger partial charge in [0.1, 0.15) is 24.4 Å². The van der Waals surface area contributed by atoms with Crippen molar-refractivity contribution in [3.63, 3.8) is 0 Å². The Morgan fingerprint density at radius 3 is 1.05 bits per heavy atom. The normalized spacial score (nSPS) is 37.0. The van der Waals surface area contributed by atoms with E-state index in [4.69, 9.17) is 23.8 Å². The lowest BCUT2D eigenvalue weighted by atomic mass is 9.84. The summed E-state index contributed by atoms with van der Waals surface area (Å²) in [4.78, 5) is 65.2. The lowest BCUT2D eigenvalue weighted by Crippen LogP contribution is -2.55. The van der Waals surface area contributed by atoms with Crippen LogP contribution in [0.1, 0.15) is 149 Å². The van der Waals surface area contributed by atoms with E-state index < -0.39 is 99.7 Å². The van der Waals surface area contributed by atoms with Crippen molar-refractivity contribution in [3.8, 4) is 0 Å². The van der Waals surface area contributed by atoms with Crippen LogP contribution in [-0.4, -0.2) is 117 Å². The molecule has 1 aliphatic carbocycles. The monoisotopic (exact) mass is 805 g/mol. The Balaban J connectivity index is 1.50. The summed E-state index contributed by atoms with van der Waals surface area (Å²) < 4.78 is 25.7. The topological polar surface area (TPSA) is 145 Å². The van der Waals surface area contributed by atoms with Gasteiger partial charge in [-0.1, -0.05) is 0 Å². The largest absolute Gasteiger partial charge is 0.458 e. The Morgan fingerprint density at radius 1 is 0.474 bits per heavy atom. The van der Waals surface area contributed by atoms with E-state index >= 15 is 0 Å². The molecule has 0 aromatic rings. The Morgan fingerprint density at radius 2 is 0.789 bits per heavy atom.